The largest absolute Gasteiger partial charge is 0.481 e. The van der Waals surface area contributed by atoms with Crippen LogP contribution in [0.2, 0.25) is 0 Å². The average Bonchev–Trinajstić information content (AvgIpc) is 1.79. The molecular formula is C8H16O2Tm. The van der Waals surface area contributed by atoms with Gasteiger partial charge in [-0.3, -0.25) is 4.79 Å². The average molecular weight is 313 g/mol. The Kier molecular flexibility index (Phi) is 11.4. The quantitative estimate of drug-likeness (QED) is 0.791. The maximum absolute atomic E-state index is 10.0. The first kappa shape index (κ1) is 14.2. The van der Waals surface area contributed by atoms with E-state index in [0.29, 0.717) is 12.3 Å². The van der Waals surface area contributed by atoms with Gasteiger partial charge in [0.2, 0.25) is 0 Å². The van der Waals surface area contributed by atoms with Crippen molar-refractivity contribution in [3.63, 3.8) is 0 Å². The summed E-state index contributed by atoms with van der Waals surface area (Å²) in [6.07, 6.45) is 3.34. The SMILES string of the molecule is CC(C)CCCCC(=O)O.[Tm]. The van der Waals surface area contributed by atoms with Gasteiger partial charge in [0, 0.05) is 43.3 Å². The van der Waals surface area contributed by atoms with Crippen molar-refractivity contribution in [2.75, 3.05) is 0 Å². The van der Waals surface area contributed by atoms with Crippen LogP contribution in [0.15, 0.2) is 0 Å². The molecule has 0 amide bonds. The summed E-state index contributed by atoms with van der Waals surface area (Å²) in [6, 6.07) is 0. The first-order valence-corrected chi connectivity index (χ1v) is 3.84. The molecule has 0 spiro atoms. The molecule has 0 rings (SSSR count). The molecule has 3 heteroatoms. The molecule has 0 aliphatic heterocycles. The Morgan fingerprint density at radius 1 is 1.36 bits per heavy atom. The Labute approximate surface area is 97.6 Å². The zero-order valence-corrected chi connectivity index (χ0v) is 8.82. The van der Waals surface area contributed by atoms with Gasteiger partial charge < -0.3 is 5.11 Å². The standard InChI is InChI=1S/C8H16O2.Tm/c1-7(2)5-3-4-6-8(9)10;/h7H,3-6H2,1-2H3,(H,9,10);. The molecule has 0 aliphatic carbocycles. The maximum atomic E-state index is 10.0. The first-order valence-electron chi connectivity index (χ1n) is 3.84. The molecule has 0 unspecified atom stereocenters. The topological polar surface area (TPSA) is 37.3 Å². The van der Waals surface area contributed by atoms with Gasteiger partial charge >= 0.3 is 5.97 Å². The fourth-order valence-corrected chi connectivity index (χ4v) is 0.829. The Hall–Kier alpha value is 0.704. The number of rotatable bonds is 5. The van der Waals surface area contributed by atoms with E-state index < -0.39 is 5.97 Å². The third-order valence-electron chi connectivity index (χ3n) is 1.42. The summed E-state index contributed by atoms with van der Waals surface area (Å²) in [7, 11) is 0. The van der Waals surface area contributed by atoms with Crippen molar-refractivity contribution in [3.8, 4) is 0 Å². The second-order valence-corrected chi connectivity index (χ2v) is 3.03. The number of carbonyl (C=O) groups is 1. The first-order chi connectivity index (χ1) is 4.63. The van der Waals surface area contributed by atoms with Crippen molar-refractivity contribution < 1.29 is 46.8 Å². The van der Waals surface area contributed by atoms with Gasteiger partial charge in [0.05, 0.1) is 0 Å². The van der Waals surface area contributed by atoms with Crippen LogP contribution in [0.3, 0.4) is 0 Å². The molecule has 0 aromatic rings. The van der Waals surface area contributed by atoms with Crippen LogP contribution in [0.5, 0.6) is 0 Å². The summed E-state index contributed by atoms with van der Waals surface area (Å²) in [5, 5.41) is 8.28. The van der Waals surface area contributed by atoms with Crippen LogP contribution in [0, 0.1) is 42.8 Å². The maximum Gasteiger partial charge on any atom is 0.303 e. The fourth-order valence-electron chi connectivity index (χ4n) is 0.829. The normalized spacial score (nSPS) is 9.36. The van der Waals surface area contributed by atoms with Gasteiger partial charge in [-0.05, 0) is 12.3 Å². The molecule has 0 aromatic carbocycles. The fraction of sp³-hybridized carbons (Fsp3) is 0.875. The number of hydrogen-bond acceptors (Lipinski definition) is 1. The van der Waals surface area contributed by atoms with Crippen LogP contribution in [-0.2, 0) is 4.79 Å². The van der Waals surface area contributed by atoms with Crippen molar-refractivity contribution in [2.45, 2.75) is 39.5 Å². The zero-order valence-electron chi connectivity index (χ0n) is 7.04. The van der Waals surface area contributed by atoms with Crippen LogP contribution >= 0.6 is 0 Å². The summed E-state index contributed by atoms with van der Waals surface area (Å²) in [4.78, 5) is 10.0. The molecule has 0 bridgehead atoms. The van der Waals surface area contributed by atoms with Gasteiger partial charge in [-0.15, -0.1) is 0 Å². The van der Waals surface area contributed by atoms with Gasteiger partial charge in [0.1, 0.15) is 0 Å². The van der Waals surface area contributed by atoms with E-state index in [4.69, 9.17) is 5.11 Å². The van der Waals surface area contributed by atoms with E-state index in [0.717, 1.165) is 19.3 Å². The van der Waals surface area contributed by atoms with Crippen molar-refractivity contribution >= 4 is 5.97 Å². The van der Waals surface area contributed by atoms with E-state index in [9.17, 15) is 4.79 Å². The minimum absolute atomic E-state index is 0. The Balaban J connectivity index is 0. The van der Waals surface area contributed by atoms with E-state index in [1.807, 2.05) is 0 Å². The number of unbranched alkanes of at least 4 members (excludes halogenated alkanes) is 1. The van der Waals surface area contributed by atoms with Crippen molar-refractivity contribution in [2.24, 2.45) is 5.92 Å². The van der Waals surface area contributed by atoms with E-state index in [1.165, 1.54) is 0 Å². The van der Waals surface area contributed by atoms with Gasteiger partial charge in [0.25, 0.3) is 0 Å². The summed E-state index contributed by atoms with van der Waals surface area (Å²) >= 11 is 0. The molecule has 11 heavy (non-hydrogen) atoms. The molecule has 0 fully saturated rings. The number of carboxylic acid groups (broad SMARTS) is 1. The van der Waals surface area contributed by atoms with Crippen LogP contribution in [-0.4, -0.2) is 11.1 Å². The number of aliphatic carboxylic acids is 1. The third kappa shape index (κ3) is 13.7. The summed E-state index contributed by atoms with van der Waals surface area (Å²) in [5.74, 6) is 0.0255. The van der Waals surface area contributed by atoms with Gasteiger partial charge in [-0.1, -0.05) is 26.7 Å². The van der Waals surface area contributed by atoms with Gasteiger partial charge in [0.15, 0.2) is 0 Å². The number of carboxylic acids is 1. The van der Waals surface area contributed by atoms with E-state index in [1.54, 1.807) is 0 Å². The van der Waals surface area contributed by atoms with Gasteiger partial charge in [-0.25, -0.2) is 0 Å². The molecule has 0 heterocycles. The zero-order chi connectivity index (χ0) is 7.98. The second kappa shape index (κ2) is 8.80. The van der Waals surface area contributed by atoms with Crippen LogP contribution in [0.4, 0.5) is 0 Å². The van der Waals surface area contributed by atoms with E-state index in [2.05, 4.69) is 13.8 Å². The molecule has 73 valence electrons. The molecule has 0 saturated heterocycles. The van der Waals surface area contributed by atoms with Crippen LogP contribution in [0.1, 0.15) is 39.5 Å². The van der Waals surface area contributed by atoms with Crippen LogP contribution in [0.25, 0.3) is 0 Å². The van der Waals surface area contributed by atoms with Crippen molar-refractivity contribution in [1.82, 2.24) is 0 Å². The number of hydrogen-bond donors (Lipinski definition) is 1. The molecule has 0 atom stereocenters. The minimum atomic E-state index is -0.677. The molecular weight excluding hydrogens is 297 g/mol. The predicted molar refractivity (Wildman–Crippen MR) is 40.9 cm³/mol. The Morgan fingerprint density at radius 3 is 2.27 bits per heavy atom. The summed E-state index contributed by atoms with van der Waals surface area (Å²) in [5.41, 5.74) is 0. The minimum Gasteiger partial charge on any atom is -0.481 e. The molecule has 0 aromatic heterocycles. The molecule has 1 radical (unpaired) electrons. The Bertz CT molecular complexity index is 102. The van der Waals surface area contributed by atoms with Crippen molar-refractivity contribution in [1.29, 1.82) is 0 Å². The van der Waals surface area contributed by atoms with Gasteiger partial charge in [-0.2, -0.15) is 0 Å². The molecule has 0 aliphatic rings. The molecule has 2 nitrogen and oxygen atoms in total. The van der Waals surface area contributed by atoms with Crippen molar-refractivity contribution in [3.05, 3.63) is 0 Å². The summed E-state index contributed by atoms with van der Waals surface area (Å²) in [6.45, 7) is 4.31. The third-order valence-corrected chi connectivity index (χ3v) is 1.42. The monoisotopic (exact) mass is 313 g/mol. The molecule has 0 saturated carbocycles. The van der Waals surface area contributed by atoms with E-state index in [-0.39, 0.29) is 36.9 Å². The smallest absolute Gasteiger partial charge is 0.303 e. The predicted octanol–water partition coefficient (Wildman–Crippen LogP) is 2.29. The van der Waals surface area contributed by atoms with E-state index >= 15 is 0 Å². The second-order valence-electron chi connectivity index (χ2n) is 3.03. The summed E-state index contributed by atoms with van der Waals surface area (Å²) < 4.78 is 0. The van der Waals surface area contributed by atoms with Crippen LogP contribution < -0.4 is 0 Å². The molecule has 1 N–H and O–H groups in total. The Morgan fingerprint density at radius 2 is 1.91 bits per heavy atom.